The fourth-order valence-electron chi connectivity index (χ4n) is 2.58. The lowest BCUT2D eigenvalue weighted by Gasteiger charge is -2.18. The highest BCUT2D eigenvalue weighted by Crippen LogP contribution is 2.24. The molecule has 30 heavy (non-hydrogen) atoms. The molecule has 0 aliphatic heterocycles. The molecule has 0 aliphatic rings. The van der Waals surface area contributed by atoms with Crippen molar-refractivity contribution >= 4 is 46.3 Å². The van der Waals surface area contributed by atoms with Gasteiger partial charge in [0.25, 0.3) is 0 Å². The molecule has 2 aromatic carbocycles. The van der Waals surface area contributed by atoms with Gasteiger partial charge >= 0.3 is 11.9 Å². The number of carbonyl (C=O) groups excluding carboxylic acids is 2. The molecule has 2 amide bonds. The average molecular weight is 433 g/mol. The van der Waals surface area contributed by atoms with E-state index in [1.807, 2.05) is 42.5 Å². The fourth-order valence-corrected chi connectivity index (χ4v) is 3.55. The minimum absolute atomic E-state index is 0.0809. The largest absolute Gasteiger partial charge is 0.480 e. The van der Waals surface area contributed by atoms with Crippen LogP contribution in [0, 0.1) is 0 Å². The molecular formula is C20H23N3O6S. The maximum absolute atomic E-state index is 12.3. The molecule has 0 unspecified atom stereocenters. The SMILES string of the molecule is N[C@@H](CCC(=O)N[C@H](CSc1ccc2ccccc2c1)C(=O)NCC(=O)O)C(=O)O. The summed E-state index contributed by atoms with van der Waals surface area (Å²) in [4.78, 5) is 46.8. The van der Waals surface area contributed by atoms with Gasteiger partial charge in [0.2, 0.25) is 11.8 Å². The number of fused-ring (bicyclic) bond motifs is 1. The van der Waals surface area contributed by atoms with E-state index >= 15 is 0 Å². The molecule has 9 nitrogen and oxygen atoms in total. The van der Waals surface area contributed by atoms with Gasteiger partial charge in [-0.3, -0.25) is 19.2 Å². The van der Waals surface area contributed by atoms with Crippen LogP contribution in [0.1, 0.15) is 12.8 Å². The van der Waals surface area contributed by atoms with Crippen molar-refractivity contribution in [2.24, 2.45) is 5.73 Å². The van der Waals surface area contributed by atoms with Gasteiger partial charge in [0.15, 0.2) is 0 Å². The molecule has 0 radical (unpaired) electrons. The Hall–Kier alpha value is -3.11. The standard InChI is InChI=1S/C20H23N3O6S/c21-15(20(28)29)7-8-17(24)23-16(19(27)22-10-18(25)26)11-30-14-6-5-12-3-1-2-4-13(12)9-14/h1-6,9,15-16H,7-8,10-11,21H2,(H,22,27)(H,23,24)(H,25,26)(H,28,29)/t15-,16+/m0/s1. The second kappa shape index (κ2) is 11.2. The molecule has 2 rings (SSSR count). The smallest absolute Gasteiger partial charge is 0.322 e. The Balaban J connectivity index is 2.02. The number of carboxylic acid groups (broad SMARTS) is 2. The van der Waals surface area contributed by atoms with Gasteiger partial charge in [-0.15, -0.1) is 11.8 Å². The topological polar surface area (TPSA) is 159 Å². The lowest BCUT2D eigenvalue weighted by molar-refractivity contribution is -0.139. The average Bonchev–Trinajstić information content (AvgIpc) is 2.72. The molecule has 0 saturated heterocycles. The van der Waals surface area contributed by atoms with Crippen LogP contribution in [-0.4, -0.2) is 58.3 Å². The zero-order chi connectivity index (χ0) is 22.1. The first-order chi connectivity index (χ1) is 14.3. The normalized spacial score (nSPS) is 12.7. The number of hydrogen-bond donors (Lipinski definition) is 5. The Bertz CT molecular complexity index is 936. The number of nitrogens with one attached hydrogen (secondary N) is 2. The maximum atomic E-state index is 12.3. The van der Waals surface area contributed by atoms with E-state index in [-0.39, 0.29) is 18.6 Å². The Labute approximate surface area is 177 Å². The van der Waals surface area contributed by atoms with E-state index < -0.39 is 42.4 Å². The zero-order valence-electron chi connectivity index (χ0n) is 16.0. The van der Waals surface area contributed by atoms with Crippen molar-refractivity contribution < 1.29 is 29.4 Å². The second-order valence-corrected chi connectivity index (χ2v) is 7.63. The maximum Gasteiger partial charge on any atom is 0.322 e. The minimum atomic E-state index is -1.22. The van der Waals surface area contributed by atoms with Gasteiger partial charge in [0.05, 0.1) is 0 Å². The third-order valence-electron chi connectivity index (χ3n) is 4.20. The highest BCUT2D eigenvalue weighted by atomic mass is 32.2. The summed E-state index contributed by atoms with van der Waals surface area (Å²) in [5.41, 5.74) is 5.39. The van der Waals surface area contributed by atoms with Crippen LogP contribution in [0.3, 0.4) is 0 Å². The van der Waals surface area contributed by atoms with Crippen molar-refractivity contribution in [3.8, 4) is 0 Å². The van der Waals surface area contributed by atoms with Crippen molar-refractivity contribution in [1.29, 1.82) is 0 Å². The summed E-state index contributed by atoms with van der Waals surface area (Å²) < 4.78 is 0. The summed E-state index contributed by atoms with van der Waals surface area (Å²) in [6.45, 7) is -0.574. The molecule has 160 valence electrons. The molecule has 0 heterocycles. The van der Waals surface area contributed by atoms with Crippen LogP contribution in [0.4, 0.5) is 0 Å². The molecule has 0 spiro atoms. The predicted molar refractivity (Wildman–Crippen MR) is 112 cm³/mol. The van der Waals surface area contributed by atoms with Crippen molar-refractivity contribution in [2.75, 3.05) is 12.3 Å². The molecule has 0 aliphatic carbocycles. The van der Waals surface area contributed by atoms with E-state index in [1.165, 1.54) is 11.8 Å². The van der Waals surface area contributed by atoms with Gasteiger partial charge in [-0.05, 0) is 29.3 Å². The summed E-state index contributed by atoms with van der Waals surface area (Å²) in [7, 11) is 0. The Morgan fingerprint density at radius 1 is 1.03 bits per heavy atom. The van der Waals surface area contributed by atoms with E-state index in [0.717, 1.165) is 15.7 Å². The fraction of sp³-hybridized carbons (Fsp3) is 0.300. The van der Waals surface area contributed by atoms with E-state index in [2.05, 4.69) is 10.6 Å². The number of carboxylic acids is 2. The minimum Gasteiger partial charge on any atom is -0.480 e. The van der Waals surface area contributed by atoms with Gasteiger partial charge in [-0.25, -0.2) is 0 Å². The zero-order valence-corrected chi connectivity index (χ0v) is 16.9. The van der Waals surface area contributed by atoms with Crippen molar-refractivity contribution in [3.05, 3.63) is 42.5 Å². The lowest BCUT2D eigenvalue weighted by atomic mass is 10.1. The van der Waals surface area contributed by atoms with Crippen LogP contribution in [-0.2, 0) is 19.2 Å². The third-order valence-corrected chi connectivity index (χ3v) is 5.29. The van der Waals surface area contributed by atoms with E-state index in [9.17, 15) is 19.2 Å². The van der Waals surface area contributed by atoms with Crippen molar-refractivity contribution in [2.45, 2.75) is 29.8 Å². The van der Waals surface area contributed by atoms with Crippen LogP contribution >= 0.6 is 11.8 Å². The highest BCUT2D eigenvalue weighted by molar-refractivity contribution is 7.99. The highest BCUT2D eigenvalue weighted by Gasteiger charge is 2.22. The number of thioether (sulfide) groups is 1. The number of aliphatic carboxylic acids is 2. The predicted octanol–water partition coefficient (Wildman–Crippen LogP) is 0.810. The molecular weight excluding hydrogens is 410 g/mol. The molecule has 0 aromatic heterocycles. The van der Waals surface area contributed by atoms with Gasteiger partial charge in [-0.1, -0.05) is 30.3 Å². The molecule has 0 fully saturated rings. The number of amides is 2. The monoisotopic (exact) mass is 433 g/mol. The van der Waals surface area contributed by atoms with Gasteiger partial charge in [0.1, 0.15) is 18.6 Å². The number of nitrogens with two attached hydrogens (primary N) is 1. The van der Waals surface area contributed by atoms with Crippen LogP contribution in [0.15, 0.2) is 47.4 Å². The third kappa shape index (κ3) is 7.37. The molecule has 10 heteroatoms. The summed E-state index contributed by atoms with van der Waals surface area (Å²) >= 11 is 1.34. The Kier molecular flexibility index (Phi) is 8.63. The van der Waals surface area contributed by atoms with Crippen LogP contribution in [0.25, 0.3) is 10.8 Å². The number of hydrogen-bond acceptors (Lipinski definition) is 6. The summed E-state index contributed by atoms with van der Waals surface area (Å²) in [5.74, 6) is -3.43. The quantitative estimate of drug-likeness (QED) is 0.326. The van der Waals surface area contributed by atoms with Crippen LogP contribution in [0.2, 0.25) is 0 Å². The molecule has 0 bridgehead atoms. The van der Waals surface area contributed by atoms with Crippen LogP contribution in [0.5, 0.6) is 0 Å². The Morgan fingerprint density at radius 2 is 1.73 bits per heavy atom. The molecule has 2 aromatic rings. The number of carbonyl (C=O) groups is 4. The van der Waals surface area contributed by atoms with E-state index in [0.29, 0.717) is 0 Å². The van der Waals surface area contributed by atoms with Gasteiger partial charge < -0.3 is 26.6 Å². The number of rotatable bonds is 11. The summed E-state index contributed by atoms with van der Waals surface area (Å²) in [5, 5.41) is 24.4. The van der Waals surface area contributed by atoms with Crippen LogP contribution < -0.4 is 16.4 Å². The van der Waals surface area contributed by atoms with Gasteiger partial charge in [-0.2, -0.15) is 0 Å². The Morgan fingerprint density at radius 3 is 2.40 bits per heavy atom. The second-order valence-electron chi connectivity index (χ2n) is 6.54. The first-order valence-electron chi connectivity index (χ1n) is 9.15. The first kappa shape index (κ1) is 23.2. The molecule has 2 atom stereocenters. The van der Waals surface area contributed by atoms with E-state index in [1.54, 1.807) is 0 Å². The van der Waals surface area contributed by atoms with Gasteiger partial charge in [0, 0.05) is 17.1 Å². The molecule has 0 saturated carbocycles. The van der Waals surface area contributed by atoms with Crippen molar-refractivity contribution in [3.63, 3.8) is 0 Å². The summed E-state index contributed by atoms with van der Waals surface area (Å²) in [6.07, 6.45) is -0.251. The number of benzene rings is 2. The first-order valence-corrected chi connectivity index (χ1v) is 10.1. The van der Waals surface area contributed by atoms with E-state index in [4.69, 9.17) is 15.9 Å². The molecule has 6 N–H and O–H groups in total. The lowest BCUT2D eigenvalue weighted by Crippen LogP contribution is -2.49. The summed E-state index contributed by atoms with van der Waals surface area (Å²) in [6, 6.07) is 11.4. The van der Waals surface area contributed by atoms with Crippen molar-refractivity contribution in [1.82, 2.24) is 10.6 Å².